The van der Waals surface area contributed by atoms with Crippen LogP contribution in [0, 0.1) is 11.8 Å². The molecule has 1 aromatic carbocycles. The van der Waals surface area contributed by atoms with Crippen LogP contribution in [0.4, 0.5) is 0 Å². The molecular formula is C13H14O2. The quantitative estimate of drug-likeness (QED) is 0.757. The highest BCUT2D eigenvalue weighted by atomic mass is 16.5. The van der Waals surface area contributed by atoms with Gasteiger partial charge in [0.1, 0.15) is 12.4 Å². The number of rotatable bonds is 4. The molecule has 78 valence electrons. The Morgan fingerprint density at radius 3 is 2.93 bits per heavy atom. The zero-order valence-electron chi connectivity index (χ0n) is 8.73. The van der Waals surface area contributed by atoms with Crippen LogP contribution in [0.25, 0.3) is 6.08 Å². The van der Waals surface area contributed by atoms with Crippen molar-refractivity contribution in [3.63, 3.8) is 0 Å². The highest BCUT2D eigenvalue weighted by Gasteiger charge is 1.97. The van der Waals surface area contributed by atoms with Crippen molar-refractivity contribution in [3.05, 3.63) is 35.9 Å². The van der Waals surface area contributed by atoms with Crippen molar-refractivity contribution in [2.75, 3.05) is 13.2 Å². The standard InChI is InChI=1S/C13H14O2/c1-2-3-11-15-13-9-5-4-7-12(13)8-6-10-14/h4-9,14H,10-11H2,1H3/b8-6-. The molecule has 0 atom stereocenters. The molecule has 0 aliphatic heterocycles. The number of benzene rings is 1. The lowest BCUT2D eigenvalue weighted by atomic mass is 10.2. The van der Waals surface area contributed by atoms with Gasteiger partial charge in [0, 0.05) is 5.56 Å². The molecule has 1 N–H and O–H groups in total. The summed E-state index contributed by atoms with van der Waals surface area (Å²) in [5, 5.41) is 8.68. The molecule has 0 amide bonds. The second-order valence-electron chi connectivity index (χ2n) is 2.84. The number of ether oxygens (including phenoxy) is 1. The molecule has 0 fully saturated rings. The lowest BCUT2D eigenvalue weighted by Crippen LogP contribution is -1.95. The van der Waals surface area contributed by atoms with Gasteiger partial charge in [0.25, 0.3) is 0 Å². The Morgan fingerprint density at radius 1 is 1.40 bits per heavy atom. The highest BCUT2D eigenvalue weighted by Crippen LogP contribution is 2.18. The lowest BCUT2D eigenvalue weighted by molar-refractivity contribution is 0.343. The second-order valence-corrected chi connectivity index (χ2v) is 2.84. The molecule has 2 heteroatoms. The first-order valence-corrected chi connectivity index (χ1v) is 4.77. The number of hydrogen-bond donors (Lipinski definition) is 1. The summed E-state index contributed by atoms with van der Waals surface area (Å²) in [7, 11) is 0. The molecule has 0 heterocycles. The summed E-state index contributed by atoms with van der Waals surface area (Å²) < 4.78 is 5.47. The van der Waals surface area contributed by atoms with Gasteiger partial charge in [0.15, 0.2) is 0 Å². The molecule has 0 unspecified atom stereocenters. The minimum Gasteiger partial charge on any atom is -0.480 e. The summed E-state index contributed by atoms with van der Waals surface area (Å²) in [6.07, 6.45) is 3.50. The minimum atomic E-state index is 0.0309. The molecule has 1 aromatic rings. The van der Waals surface area contributed by atoms with Gasteiger partial charge < -0.3 is 9.84 Å². The van der Waals surface area contributed by atoms with Crippen molar-refractivity contribution in [2.45, 2.75) is 6.92 Å². The Balaban J connectivity index is 2.75. The summed E-state index contributed by atoms with van der Waals surface area (Å²) in [5.41, 5.74) is 0.949. The third-order valence-electron chi connectivity index (χ3n) is 1.80. The van der Waals surface area contributed by atoms with E-state index in [-0.39, 0.29) is 6.61 Å². The summed E-state index contributed by atoms with van der Waals surface area (Å²) in [4.78, 5) is 0. The molecular weight excluding hydrogens is 188 g/mol. The van der Waals surface area contributed by atoms with E-state index in [1.807, 2.05) is 30.3 Å². The van der Waals surface area contributed by atoms with Crippen LogP contribution >= 0.6 is 0 Å². The molecule has 0 aliphatic carbocycles. The molecule has 0 bridgehead atoms. The van der Waals surface area contributed by atoms with Gasteiger partial charge in [0.2, 0.25) is 0 Å². The Bertz CT molecular complexity index is 383. The van der Waals surface area contributed by atoms with Crippen LogP contribution in [-0.2, 0) is 0 Å². The molecule has 1 rings (SSSR count). The topological polar surface area (TPSA) is 29.5 Å². The van der Waals surface area contributed by atoms with Gasteiger partial charge in [-0.15, -0.1) is 5.92 Å². The average Bonchev–Trinajstić information content (AvgIpc) is 2.28. The molecule has 0 aliphatic rings. The van der Waals surface area contributed by atoms with Crippen LogP contribution in [0.2, 0.25) is 0 Å². The first-order valence-electron chi connectivity index (χ1n) is 4.77. The van der Waals surface area contributed by atoms with Crippen molar-refractivity contribution in [1.82, 2.24) is 0 Å². The highest BCUT2D eigenvalue weighted by molar-refractivity contribution is 5.57. The van der Waals surface area contributed by atoms with Crippen LogP contribution in [0.3, 0.4) is 0 Å². The maximum Gasteiger partial charge on any atom is 0.149 e. The number of para-hydroxylation sites is 1. The van der Waals surface area contributed by atoms with Gasteiger partial charge in [0.05, 0.1) is 6.61 Å². The van der Waals surface area contributed by atoms with E-state index >= 15 is 0 Å². The van der Waals surface area contributed by atoms with E-state index in [9.17, 15) is 0 Å². The van der Waals surface area contributed by atoms with Gasteiger partial charge >= 0.3 is 0 Å². The lowest BCUT2D eigenvalue weighted by Gasteiger charge is -2.05. The summed E-state index contributed by atoms with van der Waals surface area (Å²) in [6.45, 7) is 2.20. The Morgan fingerprint density at radius 2 is 2.20 bits per heavy atom. The maximum atomic E-state index is 8.68. The van der Waals surface area contributed by atoms with Crippen LogP contribution < -0.4 is 4.74 Å². The van der Waals surface area contributed by atoms with E-state index < -0.39 is 0 Å². The monoisotopic (exact) mass is 202 g/mol. The Hall–Kier alpha value is -1.72. The van der Waals surface area contributed by atoms with E-state index in [0.29, 0.717) is 6.61 Å². The van der Waals surface area contributed by atoms with Crippen LogP contribution in [0.5, 0.6) is 5.75 Å². The van der Waals surface area contributed by atoms with Crippen molar-refractivity contribution in [3.8, 4) is 17.6 Å². The average molecular weight is 202 g/mol. The van der Waals surface area contributed by atoms with Gasteiger partial charge in [-0.25, -0.2) is 0 Å². The fourth-order valence-electron chi connectivity index (χ4n) is 1.12. The molecule has 0 saturated heterocycles. The van der Waals surface area contributed by atoms with Crippen molar-refractivity contribution >= 4 is 6.08 Å². The molecule has 0 aromatic heterocycles. The molecule has 0 radical (unpaired) electrons. The van der Waals surface area contributed by atoms with Crippen LogP contribution in [0.15, 0.2) is 30.3 Å². The SMILES string of the molecule is CC#CCOc1ccccc1/C=C\CO. The third-order valence-corrected chi connectivity index (χ3v) is 1.80. The first kappa shape index (κ1) is 11.4. The third kappa shape index (κ3) is 3.88. The minimum absolute atomic E-state index is 0.0309. The van der Waals surface area contributed by atoms with Gasteiger partial charge in [-0.05, 0) is 13.0 Å². The largest absolute Gasteiger partial charge is 0.480 e. The smallest absolute Gasteiger partial charge is 0.149 e. The van der Waals surface area contributed by atoms with Gasteiger partial charge in [-0.3, -0.25) is 0 Å². The van der Waals surface area contributed by atoms with Crippen molar-refractivity contribution < 1.29 is 9.84 Å². The fourth-order valence-corrected chi connectivity index (χ4v) is 1.12. The van der Waals surface area contributed by atoms with Gasteiger partial charge in [-0.2, -0.15) is 0 Å². The van der Waals surface area contributed by atoms with E-state index in [1.165, 1.54) is 0 Å². The number of aliphatic hydroxyl groups is 1. The molecule has 0 saturated carbocycles. The Kier molecular flexibility index (Phi) is 5.07. The van der Waals surface area contributed by atoms with E-state index in [4.69, 9.17) is 9.84 Å². The second kappa shape index (κ2) is 6.69. The zero-order chi connectivity index (χ0) is 10.9. The maximum absolute atomic E-state index is 8.68. The number of aliphatic hydroxyl groups excluding tert-OH is 1. The summed E-state index contributed by atoms with van der Waals surface area (Å²) >= 11 is 0. The van der Waals surface area contributed by atoms with E-state index in [2.05, 4.69) is 11.8 Å². The normalized spacial score (nSPS) is 9.73. The summed E-state index contributed by atoms with van der Waals surface area (Å²) in [6, 6.07) is 7.65. The molecule has 15 heavy (non-hydrogen) atoms. The predicted octanol–water partition coefficient (Wildman–Crippen LogP) is 2.09. The molecule has 0 spiro atoms. The van der Waals surface area contributed by atoms with Gasteiger partial charge in [-0.1, -0.05) is 36.3 Å². The van der Waals surface area contributed by atoms with E-state index in [1.54, 1.807) is 13.0 Å². The fraction of sp³-hybridized carbons (Fsp3) is 0.231. The predicted molar refractivity (Wildman–Crippen MR) is 61.5 cm³/mol. The Labute approximate surface area is 90.2 Å². The van der Waals surface area contributed by atoms with Crippen LogP contribution in [0.1, 0.15) is 12.5 Å². The van der Waals surface area contributed by atoms with E-state index in [0.717, 1.165) is 11.3 Å². The van der Waals surface area contributed by atoms with Crippen molar-refractivity contribution in [1.29, 1.82) is 0 Å². The molecule has 2 nitrogen and oxygen atoms in total. The zero-order valence-corrected chi connectivity index (χ0v) is 8.73. The van der Waals surface area contributed by atoms with Crippen molar-refractivity contribution in [2.24, 2.45) is 0 Å². The summed E-state index contributed by atoms with van der Waals surface area (Å²) in [5.74, 6) is 6.38. The van der Waals surface area contributed by atoms with Crippen LogP contribution in [-0.4, -0.2) is 18.3 Å². The first-order chi connectivity index (χ1) is 7.38. The number of hydrogen-bond acceptors (Lipinski definition) is 2.